The topological polar surface area (TPSA) is 102 Å². The fraction of sp³-hybridized carbons (Fsp3) is 0.214. The molecule has 0 fully saturated rings. The highest BCUT2D eigenvalue weighted by Crippen LogP contribution is 2.14. The van der Waals surface area contributed by atoms with Gasteiger partial charge in [0.2, 0.25) is 5.91 Å². The average Bonchev–Trinajstić information content (AvgIpc) is 2.98. The maximum atomic E-state index is 12.0. The Morgan fingerprint density at radius 2 is 2.05 bits per heavy atom. The molecular formula is C14H17N5O2. The van der Waals surface area contributed by atoms with E-state index in [1.54, 1.807) is 42.7 Å². The second-order valence-electron chi connectivity index (χ2n) is 4.34. The predicted octanol–water partition coefficient (Wildman–Crippen LogP) is 0.210. The fourth-order valence-corrected chi connectivity index (χ4v) is 1.80. The number of carbonyl (C=O) groups is 2. The van der Waals surface area contributed by atoms with E-state index in [0.29, 0.717) is 24.3 Å². The first kappa shape index (κ1) is 14.7. The van der Waals surface area contributed by atoms with Gasteiger partial charge in [0.1, 0.15) is 6.54 Å². The lowest BCUT2D eigenvalue weighted by molar-refractivity contribution is -0.116. The van der Waals surface area contributed by atoms with Crippen LogP contribution in [0, 0.1) is 0 Å². The number of rotatable bonds is 6. The molecule has 0 atom stereocenters. The maximum absolute atomic E-state index is 12.0. The van der Waals surface area contributed by atoms with Crippen LogP contribution in [0.25, 0.3) is 0 Å². The first-order valence-corrected chi connectivity index (χ1v) is 6.55. The molecule has 110 valence electrons. The van der Waals surface area contributed by atoms with Crippen LogP contribution in [0.1, 0.15) is 10.4 Å². The summed E-state index contributed by atoms with van der Waals surface area (Å²) in [5.74, 6) is -0.520. The van der Waals surface area contributed by atoms with Crippen LogP contribution in [0.15, 0.2) is 42.7 Å². The minimum atomic E-state index is -0.268. The molecule has 7 nitrogen and oxygen atoms in total. The van der Waals surface area contributed by atoms with Crippen LogP contribution >= 0.6 is 0 Å². The summed E-state index contributed by atoms with van der Waals surface area (Å²) in [6.07, 6.45) is 3.29. The maximum Gasteiger partial charge on any atom is 0.253 e. The summed E-state index contributed by atoms with van der Waals surface area (Å²) in [6.45, 7) is 0.833. The summed E-state index contributed by atoms with van der Waals surface area (Å²) in [7, 11) is 0. The van der Waals surface area contributed by atoms with Gasteiger partial charge >= 0.3 is 0 Å². The fourth-order valence-electron chi connectivity index (χ4n) is 1.80. The van der Waals surface area contributed by atoms with E-state index in [4.69, 9.17) is 5.73 Å². The Kier molecular flexibility index (Phi) is 5.05. The predicted molar refractivity (Wildman–Crippen MR) is 78.7 cm³/mol. The smallest absolute Gasteiger partial charge is 0.253 e. The summed E-state index contributed by atoms with van der Waals surface area (Å²) in [6, 6.07) is 8.55. The molecule has 0 saturated heterocycles. The van der Waals surface area contributed by atoms with Crippen molar-refractivity contribution in [3.05, 3.63) is 48.3 Å². The Balaban J connectivity index is 2.05. The molecule has 21 heavy (non-hydrogen) atoms. The lowest BCUT2D eigenvalue weighted by atomic mass is 10.1. The number of nitrogens with one attached hydrogen (secondary N) is 2. The third-order valence-corrected chi connectivity index (χ3v) is 2.74. The molecule has 7 heteroatoms. The Bertz CT molecular complexity index is 610. The summed E-state index contributed by atoms with van der Waals surface area (Å²) in [5.41, 5.74) is 6.22. The highest BCUT2D eigenvalue weighted by atomic mass is 16.2. The van der Waals surface area contributed by atoms with Gasteiger partial charge in [0.15, 0.2) is 0 Å². The molecule has 2 aromatic rings. The van der Waals surface area contributed by atoms with Crippen LogP contribution in [-0.2, 0) is 11.3 Å². The number of hydrogen-bond acceptors (Lipinski definition) is 4. The van der Waals surface area contributed by atoms with Gasteiger partial charge < -0.3 is 16.4 Å². The summed E-state index contributed by atoms with van der Waals surface area (Å²) < 4.78 is 1.51. The van der Waals surface area contributed by atoms with Gasteiger partial charge in [-0.25, -0.2) is 0 Å². The molecule has 0 bridgehead atoms. The minimum absolute atomic E-state index is 0.0890. The number of aromatic nitrogens is 2. The van der Waals surface area contributed by atoms with Crippen LogP contribution in [0.2, 0.25) is 0 Å². The summed E-state index contributed by atoms with van der Waals surface area (Å²) in [4.78, 5) is 23.9. The molecule has 1 heterocycles. The van der Waals surface area contributed by atoms with Crippen molar-refractivity contribution in [3.63, 3.8) is 0 Å². The van der Waals surface area contributed by atoms with Crippen molar-refractivity contribution in [3.8, 4) is 0 Å². The standard InChI is InChI=1S/C14H17N5O2/c15-6-8-16-14(21)11-4-1-2-5-12(11)18-13(20)10-19-9-3-7-17-19/h1-5,7,9H,6,8,10,15H2,(H,16,21)(H,18,20). The van der Waals surface area contributed by atoms with Crippen molar-refractivity contribution in [2.24, 2.45) is 5.73 Å². The molecule has 0 radical (unpaired) electrons. The van der Waals surface area contributed by atoms with Crippen LogP contribution in [0.3, 0.4) is 0 Å². The Hall–Kier alpha value is -2.67. The van der Waals surface area contributed by atoms with E-state index in [1.165, 1.54) is 4.68 Å². The average molecular weight is 287 g/mol. The van der Waals surface area contributed by atoms with E-state index in [2.05, 4.69) is 15.7 Å². The quantitative estimate of drug-likeness (QED) is 0.706. The Morgan fingerprint density at radius 3 is 2.76 bits per heavy atom. The molecule has 0 spiro atoms. The van der Waals surface area contributed by atoms with E-state index < -0.39 is 0 Å². The zero-order valence-corrected chi connectivity index (χ0v) is 11.5. The van der Waals surface area contributed by atoms with E-state index >= 15 is 0 Å². The first-order valence-electron chi connectivity index (χ1n) is 6.55. The minimum Gasteiger partial charge on any atom is -0.351 e. The first-order chi connectivity index (χ1) is 10.2. The molecule has 0 unspecified atom stereocenters. The van der Waals surface area contributed by atoms with E-state index in [0.717, 1.165) is 0 Å². The number of hydrogen-bond donors (Lipinski definition) is 3. The second kappa shape index (κ2) is 7.20. The normalized spacial score (nSPS) is 10.1. The molecule has 0 aliphatic heterocycles. The molecule has 2 amide bonds. The van der Waals surface area contributed by atoms with E-state index in [1.807, 2.05) is 0 Å². The highest BCUT2D eigenvalue weighted by Gasteiger charge is 2.12. The third kappa shape index (κ3) is 4.15. The van der Waals surface area contributed by atoms with E-state index in [-0.39, 0.29) is 18.4 Å². The van der Waals surface area contributed by atoms with Crippen molar-refractivity contribution < 1.29 is 9.59 Å². The zero-order chi connectivity index (χ0) is 15.1. The van der Waals surface area contributed by atoms with Gasteiger partial charge in [-0.05, 0) is 18.2 Å². The molecule has 0 aliphatic carbocycles. The van der Waals surface area contributed by atoms with Crippen molar-refractivity contribution in [2.45, 2.75) is 6.54 Å². The molecule has 0 saturated carbocycles. The summed E-state index contributed by atoms with van der Waals surface area (Å²) >= 11 is 0. The largest absolute Gasteiger partial charge is 0.351 e. The number of nitrogens with zero attached hydrogens (tertiary/aromatic N) is 2. The van der Waals surface area contributed by atoms with Gasteiger partial charge in [0, 0.05) is 25.5 Å². The Morgan fingerprint density at radius 1 is 1.24 bits per heavy atom. The molecule has 2 rings (SSSR count). The Labute approximate surface area is 122 Å². The lowest BCUT2D eigenvalue weighted by Crippen LogP contribution is -2.30. The number of benzene rings is 1. The molecule has 0 aliphatic rings. The molecular weight excluding hydrogens is 270 g/mol. The highest BCUT2D eigenvalue weighted by molar-refractivity contribution is 6.03. The number of carbonyl (C=O) groups excluding carboxylic acids is 2. The van der Waals surface area contributed by atoms with Crippen molar-refractivity contribution >= 4 is 17.5 Å². The SMILES string of the molecule is NCCNC(=O)c1ccccc1NC(=O)Cn1cccn1. The van der Waals surface area contributed by atoms with Gasteiger partial charge in [-0.2, -0.15) is 5.10 Å². The van der Waals surface area contributed by atoms with Gasteiger partial charge in [-0.3, -0.25) is 14.3 Å². The van der Waals surface area contributed by atoms with Gasteiger partial charge in [0.05, 0.1) is 11.3 Å². The lowest BCUT2D eigenvalue weighted by Gasteiger charge is -2.11. The van der Waals surface area contributed by atoms with Crippen LogP contribution in [-0.4, -0.2) is 34.7 Å². The molecule has 1 aromatic carbocycles. The van der Waals surface area contributed by atoms with Gasteiger partial charge in [-0.15, -0.1) is 0 Å². The number of nitrogens with two attached hydrogens (primary N) is 1. The number of amides is 2. The zero-order valence-electron chi connectivity index (χ0n) is 11.5. The molecule has 1 aromatic heterocycles. The van der Waals surface area contributed by atoms with Gasteiger partial charge in [0.25, 0.3) is 5.91 Å². The van der Waals surface area contributed by atoms with Crippen LogP contribution in [0.4, 0.5) is 5.69 Å². The number of anilines is 1. The van der Waals surface area contributed by atoms with E-state index in [9.17, 15) is 9.59 Å². The van der Waals surface area contributed by atoms with Crippen LogP contribution < -0.4 is 16.4 Å². The van der Waals surface area contributed by atoms with Crippen LogP contribution in [0.5, 0.6) is 0 Å². The number of para-hydroxylation sites is 1. The third-order valence-electron chi connectivity index (χ3n) is 2.74. The second-order valence-corrected chi connectivity index (χ2v) is 4.34. The van der Waals surface area contributed by atoms with Crippen molar-refractivity contribution in [2.75, 3.05) is 18.4 Å². The monoisotopic (exact) mass is 287 g/mol. The van der Waals surface area contributed by atoms with Crippen molar-refractivity contribution in [1.29, 1.82) is 0 Å². The van der Waals surface area contributed by atoms with Crippen molar-refractivity contribution in [1.82, 2.24) is 15.1 Å². The molecule has 4 N–H and O–H groups in total. The van der Waals surface area contributed by atoms with Gasteiger partial charge in [-0.1, -0.05) is 12.1 Å². The summed E-state index contributed by atoms with van der Waals surface area (Å²) in [5, 5.41) is 9.35.